The molecule has 0 fully saturated rings. The first-order chi connectivity index (χ1) is 9.42. The van der Waals surface area contributed by atoms with E-state index < -0.39 is 0 Å². The van der Waals surface area contributed by atoms with Crippen LogP contribution in [-0.4, -0.2) is 20.1 Å². The molecule has 0 spiro atoms. The number of rotatable bonds is 5. The van der Waals surface area contributed by atoms with Gasteiger partial charge in [-0.3, -0.25) is 0 Å². The van der Waals surface area contributed by atoms with Gasteiger partial charge in [0.15, 0.2) is 0 Å². The Labute approximate surface area is 113 Å². The van der Waals surface area contributed by atoms with E-state index in [1.807, 2.05) is 0 Å². The molecule has 0 saturated heterocycles. The summed E-state index contributed by atoms with van der Waals surface area (Å²) in [4.78, 5) is 0. The summed E-state index contributed by atoms with van der Waals surface area (Å²) in [5, 5.41) is 0. The summed E-state index contributed by atoms with van der Waals surface area (Å²) in [6.45, 7) is 1.06. The molecule has 0 atom stereocenters. The Kier molecular flexibility index (Phi) is 3.60. The topological polar surface area (TPSA) is 44.5 Å². The molecule has 2 aromatic carbocycles. The average molecular weight is 255 g/mol. The van der Waals surface area contributed by atoms with Crippen molar-refractivity contribution in [1.82, 2.24) is 0 Å². The van der Waals surface area contributed by atoms with Crippen molar-refractivity contribution in [2.75, 3.05) is 20.1 Å². The molecule has 0 aromatic heterocycles. The van der Waals surface area contributed by atoms with Crippen LogP contribution < -0.4 is 5.73 Å². The fourth-order valence-electron chi connectivity index (χ4n) is 2.71. The molecular formula is C16H17NO2. The third-order valence-electron chi connectivity index (χ3n) is 3.53. The lowest BCUT2D eigenvalue weighted by Gasteiger charge is -2.13. The van der Waals surface area contributed by atoms with Crippen LogP contribution in [0.1, 0.15) is 17.0 Å². The van der Waals surface area contributed by atoms with Crippen molar-refractivity contribution < 1.29 is 9.47 Å². The summed E-state index contributed by atoms with van der Waals surface area (Å²) in [6.07, 6.45) is 0. The van der Waals surface area contributed by atoms with Gasteiger partial charge in [0.1, 0.15) is 6.79 Å². The Bertz CT molecular complexity index is 523. The summed E-state index contributed by atoms with van der Waals surface area (Å²) in [7, 11) is 0. The molecule has 0 amide bonds. The molecule has 3 heteroatoms. The lowest BCUT2D eigenvalue weighted by atomic mass is 9.98. The second-order valence-corrected chi connectivity index (χ2v) is 4.59. The van der Waals surface area contributed by atoms with Crippen LogP contribution >= 0.6 is 0 Å². The first kappa shape index (κ1) is 12.4. The van der Waals surface area contributed by atoms with E-state index in [4.69, 9.17) is 15.2 Å². The average Bonchev–Trinajstić information content (AvgIpc) is 2.78. The van der Waals surface area contributed by atoms with Gasteiger partial charge < -0.3 is 15.2 Å². The van der Waals surface area contributed by atoms with E-state index in [1.54, 1.807) is 0 Å². The van der Waals surface area contributed by atoms with Crippen LogP contribution in [0.2, 0.25) is 0 Å². The van der Waals surface area contributed by atoms with Crippen LogP contribution in [0, 0.1) is 0 Å². The zero-order chi connectivity index (χ0) is 13.1. The quantitative estimate of drug-likeness (QED) is 0.660. The molecule has 0 aliphatic heterocycles. The fraction of sp³-hybridized carbons (Fsp3) is 0.250. The van der Waals surface area contributed by atoms with Crippen molar-refractivity contribution in [2.45, 2.75) is 5.92 Å². The smallest absolute Gasteiger partial charge is 0.148 e. The Balaban J connectivity index is 1.87. The van der Waals surface area contributed by atoms with Gasteiger partial charge in [-0.15, -0.1) is 0 Å². The van der Waals surface area contributed by atoms with Crippen LogP contribution in [-0.2, 0) is 9.47 Å². The van der Waals surface area contributed by atoms with Crippen LogP contribution in [0.25, 0.3) is 11.1 Å². The van der Waals surface area contributed by atoms with E-state index in [0.717, 1.165) is 0 Å². The van der Waals surface area contributed by atoms with E-state index in [9.17, 15) is 0 Å². The number of benzene rings is 2. The van der Waals surface area contributed by atoms with Crippen molar-refractivity contribution in [2.24, 2.45) is 5.73 Å². The van der Waals surface area contributed by atoms with Crippen molar-refractivity contribution in [1.29, 1.82) is 0 Å². The molecule has 0 radical (unpaired) electrons. The Morgan fingerprint density at radius 3 is 2.00 bits per heavy atom. The van der Waals surface area contributed by atoms with Gasteiger partial charge in [0, 0.05) is 5.92 Å². The SMILES string of the molecule is NCOCOCC1c2ccccc2-c2ccccc21. The number of hydrogen-bond donors (Lipinski definition) is 1. The number of hydrogen-bond acceptors (Lipinski definition) is 3. The van der Waals surface area contributed by atoms with Crippen LogP contribution in [0.5, 0.6) is 0 Å². The highest BCUT2D eigenvalue weighted by Crippen LogP contribution is 2.44. The van der Waals surface area contributed by atoms with E-state index in [-0.39, 0.29) is 19.4 Å². The van der Waals surface area contributed by atoms with Crippen LogP contribution in [0.3, 0.4) is 0 Å². The molecule has 3 nitrogen and oxygen atoms in total. The molecule has 98 valence electrons. The zero-order valence-corrected chi connectivity index (χ0v) is 10.7. The van der Waals surface area contributed by atoms with Crippen LogP contribution in [0.15, 0.2) is 48.5 Å². The van der Waals surface area contributed by atoms with Gasteiger partial charge in [-0.1, -0.05) is 48.5 Å². The molecule has 1 aliphatic carbocycles. The first-order valence-corrected chi connectivity index (χ1v) is 6.45. The van der Waals surface area contributed by atoms with Crippen molar-refractivity contribution in [3.05, 3.63) is 59.7 Å². The second kappa shape index (κ2) is 5.53. The van der Waals surface area contributed by atoms with E-state index in [0.29, 0.717) is 6.61 Å². The summed E-state index contributed by atoms with van der Waals surface area (Å²) in [5.41, 5.74) is 10.6. The molecule has 3 rings (SSSR count). The van der Waals surface area contributed by atoms with Crippen molar-refractivity contribution >= 4 is 0 Å². The van der Waals surface area contributed by atoms with Gasteiger partial charge in [-0.25, -0.2) is 0 Å². The Morgan fingerprint density at radius 2 is 1.42 bits per heavy atom. The van der Waals surface area contributed by atoms with Crippen LogP contribution in [0.4, 0.5) is 0 Å². The van der Waals surface area contributed by atoms with Crippen molar-refractivity contribution in [3.63, 3.8) is 0 Å². The standard InChI is InChI=1S/C16H17NO2/c17-10-19-11-18-9-16-14-7-3-1-5-12(14)13-6-2-4-8-15(13)16/h1-8,16H,9-11,17H2. The normalized spacial score (nSPS) is 13.3. The molecular weight excluding hydrogens is 238 g/mol. The minimum atomic E-state index is 0.192. The van der Waals surface area contributed by atoms with Gasteiger partial charge in [-0.2, -0.15) is 0 Å². The van der Waals surface area contributed by atoms with Gasteiger partial charge in [0.25, 0.3) is 0 Å². The molecule has 1 aliphatic rings. The van der Waals surface area contributed by atoms with Gasteiger partial charge in [0.2, 0.25) is 0 Å². The fourth-order valence-corrected chi connectivity index (χ4v) is 2.71. The summed E-state index contributed by atoms with van der Waals surface area (Å²) < 4.78 is 10.6. The summed E-state index contributed by atoms with van der Waals surface area (Å²) >= 11 is 0. The zero-order valence-electron chi connectivity index (χ0n) is 10.7. The monoisotopic (exact) mass is 255 g/mol. The lowest BCUT2D eigenvalue weighted by molar-refractivity contribution is -0.0535. The minimum absolute atomic E-state index is 0.192. The predicted octanol–water partition coefficient (Wildman–Crippen LogP) is 2.71. The maximum atomic E-state index is 5.57. The van der Waals surface area contributed by atoms with E-state index >= 15 is 0 Å². The Morgan fingerprint density at radius 1 is 0.842 bits per heavy atom. The Hall–Kier alpha value is -1.68. The molecule has 0 heterocycles. The highest BCUT2D eigenvalue weighted by atomic mass is 16.7. The van der Waals surface area contributed by atoms with Gasteiger partial charge in [-0.05, 0) is 22.3 Å². The van der Waals surface area contributed by atoms with Gasteiger partial charge >= 0.3 is 0 Å². The molecule has 0 saturated carbocycles. The summed E-state index contributed by atoms with van der Waals surface area (Å²) in [6, 6.07) is 17.0. The maximum absolute atomic E-state index is 5.57. The third-order valence-corrected chi connectivity index (χ3v) is 3.53. The van der Waals surface area contributed by atoms with Gasteiger partial charge in [0.05, 0.1) is 13.3 Å². The third kappa shape index (κ3) is 2.28. The maximum Gasteiger partial charge on any atom is 0.148 e. The summed E-state index contributed by atoms with van der Waals surface area (Å²) in [5.74, 6) is 0.286. The largest absolute Gasteiger partial charge is 0.354 e. The second-order valence-electron chi connectivity index (χ2n) is 4.59. The van der Waals surface area contributed by atoms with E-state index in [2.05, 4.69) is 48.5 Å². The molecule has 0 bridgehead atoms. The molecule has 2 aromatic rings. The predicted molar refractivity (Wildman–Crippen MR) is 74.7 cm³/mol. The highest BCUT2D eigenvalue weighted by molar-refractivity contribution is 5.78. The minimum Gasteiger partial charge on any atom is -0.354 e. The lowest BCUT2D eigenvalue weighted by Crippen LogP contribution is -2.12. The highest BCUT2D eigenvalue weighted by Gasteiger charge is 2.27. The number of ether oxygens (including phenoxy) is 2. The van der Waals surface area contributed by atoms with E-state index in [1.165, 1.54) is 22.3 Å². The van der Waals surface area contributed by atoms with Crippen molar-refractivity contribution in [3.8, 4) is 11.1 Å². The molecule has 19 heavy (non-hydrogen) atoms. The molecule has 0 unspecified atom stereocenters. The first-order valence-electron chi connectivity index (χ1n) is 6.45. The molecule has 2 N–H and O–H groups in total. The number of nitrogens with two attached hydrogens (primary N) is 1. The number of fused-ring (bicyclic) bond motifs is 3.